The van der Waals surface area contributed by atoms with Crippen LogP contribution in [0.1, 0.15) is 0 Å². The number of hydrogen-bond donors (Lipinski definition) is 0. The molecule has 2 fully saturated rings. The van der Waals surface area contributed by atoms with Crippen molar-refractivity contribution in [3.63, 3.8) is 0 Å². The lowest BCUT2D eigenvalue weighted by Crippen LogP contribution is -2.66. The highest BCUT2D eigenvalue weighted by molar-refractivity contribution is 6.29. The van der Waals surface area contributed by atoms with Crippen molar-refractivity contribution < 1.29 is 4.74 Å². The van der Waals surface area contributed by atoms with Crippen molar-refractivity contribution in [1.82, 2.24) is 9.97 Å². The molecule has 1 aromatic rings. The maximum Gasteiger partial charge on any atom is 0.149 e. The molecular formula is C9H10ClN3O. The van der Waals surface area contributed by atoms with Crippen molar-refractivity contribution in [3.05, 3.63) is 17.5 Å². The minimum absolute atomic E-state index is 0.407. The summed E-state index contributed by atoms with van der Waals surface area (Å²) < 4.78 is 5.20. The fraction of sp³-hybridized carbons (Fsp3) is 0.556. The number of aromatic nitrogens is 2. The zero-order chi connectivity index (χ0) is 9.60. The van der Waals surface area contributed by atoms with E-state index in [1.54, 1.807) is 12.4 Å². The van der Waals surface area contributed by atoms with Gasteiger partial charge in [-0.15, -0.1) is 0 Å². The molecule has 0 unspecified atom stereocenters. The molecule has 0 amide bonds. The van der Waals surface area contributed by atoms with Gasteiger partial charge in [-0.1, -0.05) is 11.6 Å². The predicted octanol–water partition coefficient (Wildman–Crippen LogP) is 0.967. The van der Waals surface area contributed by atoms with Crippen molar-refractivity contribution in [2.75, 3.05) is 31.2 Å². The normalized spacial score (nSPS) is 23.1. The minimum Gasteiger partial charge on any atom is -0.380 e. The van der Waals surface area contributed by atoms with Crippen LogP contribution in [-0.4, -0.2) is 36.3 Å². The van der Waals surface area contributed by atoms with Crippen LogP contribution in [-0.2, 0) is 4.74 Å². The first-order chi connectivity index (χ1) is 6.77. The van der Waals surface area contributed by atoms with Gasteiger partial charge in [0.15, 0.2) is 0 Å². The molecule has 2 aliphatic heterocycles. The molecule has 0 aliphatic carbocycles. The molecule has 0 N–H and O–H groups in total. The van der Waals surface area contributed by atoms with Crippen LogP contribution in [0.5, 0.6) is 0 Å². The van der Waals surface area contributed by atoms with E-state index in [1.165, 1.54) is 0 Å². The molecule has 3 rings (SSSR count). The van der Waals surface area contributed by atoms with E-state index in [9.17, 15) is 0 Å². The van der Waals surface area contributed by atoms with E-state index in [2.05, 4.69) is 14.9 Å². The number of hydrogen-bond acceptors (Lipinski definition) is 4. The van der Waals surface area contributed by atoms with Gasteiger partial charge in [0.1, 0.15) is 11.0 Å². The van der Waals surface area contributed by atoms with E-state index in [0.717, 1.165) is 32.1 Å². The van der Waals surface area contributed by atoms with Gasteiger partial charge >= 0.3 is 0 Å². The monoisotopic (exact) mass is 211 g/mol. The molecule has 4 nitrogen and oxygen atoms in total. The maximum atomic E-state index is 5.76. The van der Waals surface area contributed by atoms with Gasteiger partial charge in [-0.25, -0.2) is 4.98 Å². The van der Waals surface area contributed by atoms with Crippen LogP contribution < -0.4 is 4.90 Å². The van der Waals surface area contributed by atoms with Crippen LogP contribution in [0, 0.1) is 5.41 Å². The number of halogens is 1. The number of anilines is 1. The lowest BCUT2D eigenvalue weighted by atomic mass is 9.78. The van der Waals surface area contributed by atoms with Crippen molar-refractivity contribution in [1.29, 1.82) is 0 Å². The Bertz CT molecular complexity index is 359. The number of nitrogens with zero attached hydrogens (tertiary/aromatic N) is 3. The van der Waals surface area contributed by atoms with Gasteiger partial charge < -0.3 is 9.64 Å². The molecule has 1 spiro atoms. The Morgan fingerprint density at radius 2 is 2.14 bits per heavy atom. The predicted molar refractivity (Wildman–Crippen MR) is 52.5 cm³/mol. The quantitative estimate of drug-likeness (QED) is 0.694. The second-order valence-electron chi connectivity index (χ2n) is 4.05. The molecule has 5 heteroatoms. The summed E-state index contributed by atoms with van der Waals surface area (Å²) in [6.45, 7) is 3.80. The molecule has 0 bridgehead atoms. The summed E-state index contributed by atoms with van der Waals surface area (Å²) in [6, 6.07) is 0. The summed E-state index contributed by atoms with van der Waals surface area (Å²) in [5, 5.41) is 0.452. The SMILES string of the molecule is Clc1cncc(N2CC3(COC3)C2)n1. The summed E-state index contributed by atoms with van der Waals surface area (Å²) in [6.07, 6.45) is 3.30. The van der Waals surface area contributed by atoms with Crippen LogP contribution >= 0.6 is 11.6 Å². The molecule has 2 aliphatic rings. The Labute approximate surface area is 86.9 Å². The third-order valence-electron chi connectivity index (χ3n) is 2.79. The number of rotatable bonds is 1. The summed E-state index contributed by atoms with van der Waals surface area (Å²) in [5.41, 5.74) is 0.407. The average molecular weight is 212 g/mol. The topological polar surface area (TPSA) is 38.2 Å². The fourth-order valence-corrected chi connectivity index (χ4v) is 2.13. The molecule has 3 heterocycles. The largest absolute Gasteiger partial charge is 0.380 e. The standard InChI is InChI=1S/C9H10ClN3O/c10-7-1-11-2-8(12-7)13-3-9(4-13)5-14-6-9/h1-2H,3-6H2. The first-order valence-corrected chi connectivity index (χ1v) is 4.96. The molecule has 0 radical (unpaired) electrons. The zero-order valence-corrected chi connectivity index (χ0v) is 8.37. The Balaban J connectivity index is 1.73. The molecule has 14 heavy (non-hydrogen) atoms. The van der Waals surface area contributed by atoms with E-state index < -0.39 is 0 Å². The van der Waals surface area contributed by atoms with Crippen molar-refractivity contribution in [3.8, 4) is 0 Å². The molecule has 74 valence electrons. The average Bonchev–Trinajstić information content (AvgIpc) is 1.98. The van der Waals surface area contributed by atoms with Gasteiger partial charge in [-0.2, -0.15) is 0 Å². The van der Waals surface area contributed by atoms with E-state index in [4.69, 9.17) is 16.3 Å². The Morgan fingerprint density at radius 1 is 1.36 bits per heavy atom. The second-order valence-corrected chi connectivity index (χ2v) is 4.44. The molecule has 0 atom stereocenters. The molecule has 2 saturated heterocycles. The van der Waals surface area contributed by atoms with E-state index in [1.807, 2.05) is 0 Å². The molecule has 0 aromatic carbocycles. The Hall–Kier alpha value is -0.870. The highest BCUT2D eigenvalue weighted by Crippen LogP contribution is 2.39. The Kier molecular flexibility index (Phi) is 1.69. The summed E-state index contributed by atoms with van der Waals surface area (Å²) in [5.74, 6) is 0.870. The van der Waals surface area contributed by atoms with Crippen LogP contribution in [0.25, 0.3) is 0 Å². The lowest BCUT2D eigenvalue weighted by molar-refractivity contribution is -0.127. The lowest BCUT2D eigenvalue weighted by Gasteiger charge is -2.55. The van der Waals surface area contributed by atoms with Crippen LogP contribution in [0.2, 0.25) is 5.15 Å². The van der Waals surface area contributed by atoms with E-state index >= 15 is 0 Å². The van der Waals surface area contributed by atoms with E-state index in [-0.39, 0.29) is 0 Å². The molecule has 0 saturated carbocycles. The van der Waals surface area contributed by atoms with Gasteiger partial charge in [-0.3, -0.25) is 4.98 Å². The zero-order valence-electron chi connectivity index (χ0n) is 7.61. The first kappa shape index (κ1) is 8.44. The molecule has 1 aromatic heterocycles. The van der Waals surface area contributed by atoms with Crippen molar-refractivity contribution >= 4 is 17.4 Å². The number of ether oxygens (including phenoxy) is 1. The van der Waals surface area contributed by atoms with Gasteiger partial charge in [0.05, 0.1) is 31.0 Å². The summed E-state index contributed by atoms with van der Waals surface area (Å²) >= 11 is 5.76. The maximum absolute atomic E-state index is 5.76. The Morgan fingerprint density at radius 3 is 2.71 bits per heavy atom. The third-order valence-corrected chi connectivity index (χ3v) is 2.97. The summed E-state index contributed by atoms with van der Waals surface area (Å²) in [7, 11) is 0. The van der Waals surface area contributed by atoms with Crippen LogP contribution in [0.4, 0.5) is 5.82 Å². The van der Waals surface area contributed by atoms with Crippen LogP contribution in [0.3, 0.4) is 0 Å². The smallest absolute Gasteiger partial charge is 0.149 e. The van der Waals surface area contributed by atoms with Gasteiger partial charge in [0.25, 0.3) is 0 Å². The molecular weight excluding hydrogens is 202 g/mol. The van der Waals surface area contributed by atoms with Crippen molar-refractivity contribution in [2.24, 2.45) is 5.41 Å². The second kappa shape index (κ2) is 2.81. The fourth-order valence-electron chi connectivity index (χ4n) is 1.98. The van der Waals surface area contributed by atoms with Gasteiger partial charge in [-0.05, 0) is 0 Å². The highest BCUT2D eigenvalue weighted by atomic mass is 35.5. The van der Waals surface area contributed by atoms with Gasteiger partial charge in [0, 0.05) is 13.1 Å². The first-order valence-electron chi connectivity index (χ1n) is 4.58. The minimum atomic E-state index is 0.407. The van der Waals surface area contributed by atoms with Crippen molar-refractivity contribution in [2.45, 2.75) is 0 Å². The highest BCUT2D eigenvalue weighted by Gasteiger charge is 2.49. The summed E-state index contributed by atoms with van der Waals surface area (Å²) in [4.78, 5) is 10.4. The van der Waals surface area contributed by atoms with Crippen LogP contribution in [0.15, 0.2) is 12.4 Å². The van der Waals surface area contributed by atoms with Gasteiger partial charge in [0.2, 0.25) is 0 Å². The van der Waals surface area contributed by atoms with E-state index in [0.29, 0.717) is 10.6 Å². The third kappa shape index (κ3) is 1.18.